The maximum atomic E-state index is 4.94. The first-order chi connectivity index (χ1) is 5.91. The van der Waals surface area contributed by atoms with Gasteiger partial charge >= 0.3 is 0 Å². The third-order valence-corrected chi connectivity index (χ3v) is 1.70. The molecule has 0 saturated carbocycles. The second-order valence-corrected chi connectivity index (χ2v) is 2.82. The Labute approximate surface area is 76.1 Å². The molecule has 0 amide bonds. The van der Waals surface area contributed by atoms with Gasteiger partial charge in [-0.3, -0.25) is 0 Å². The van der Waals surface area contributed by atoms with Crippen LogP contribution < -0.4 is 0 Å². The van der Waals surface area contributed by atoms with Crippen LogP contribution in [0.4, 0.5) is 0 Å². The molecule has 70 valence electrons. The van der Waals surface area contributed by atoms with Crippen molar-refractivity contribution in [1.82, 2.24) is 0 Å². The minimum absolute atomic E-state index is 0.664. The minimum Gasteiger partial charge on any atom is -0.498 e. The number of hydrogen-bond donors (Lipinski definition) is 0. The molecule has 0 unspecified atom stereocenters. The first-order valence-electron chi connectivity index (χ1n) is 4.79. The second-order valence-electron chi connectivity index (χ2n) is 2.82. The number of unbranched alkanes of at least 4 members (excludes halogenated alkanes) is 4. The highest BCUT2D eigenvalue weighted by Gasteiger charge is 1.83. The predicted molar refractivity (Wildman–Crippen MR) is 54.0 cm³/mol. The molecule has 0 saturated heterocycles. The van der Waals surface area contributed by atoms with Crippen LogP contribution in [-0.2, 0) is 4.74 Å². The number of hydrogen-bond acceptors (Lipinski definition) is 1. The highest BCUT2D eigenvalue weighted by molar-refractivity contribution is 4.81. The Hall–Kier alpha value is -0.720. The van der Waals surface area contributed by atoms with Gasteiger partial charge in [0, 0.05) is 0 Å². The standard InChI is InChI=1S/C11H20O/c1-3-5-6-7-8-9-10-11-12-4-2/h4,9-10H,2-3,5-8,11H2,1H3/b10-9-. The first-order valence-corrected chi connectivity index (χ1v) is 4.79. The van der Waals surface area contributed by atoms with Crippen LogP contribution in [0.25, 0.3) is 0 Å². The minimum atomic E-state index is 0.664. The fourth-order valence-electron chi connectivity index (χ4n) is 0.998. The van der Waals surface area contributed by atoms with Crippen molar-refractivity contribution in [3.63, 3.8) is 0 Å². The maximum absolute atomic E-state index is 4.94. The lowest BCUT2D eigenvalue weighted by Gasteiger charge is -1.94. The fourth-order valence-corrected chi connectivity index (χ4v) is 0.998. The van der Waals surface area contributed by atoms with Crippen molar-refractivity contribution in [2.45, 2.75) is 39.0 Å². The van der Waals surface area contributed by atoms with Crippen molar-refractivity contribution in [2.75, 3.05) is 6.61 Å². The van der Waals surface area contributed by atoms with Crippen molar-refractivity contribution in [1.29, 1.82) is 0 Å². The van der Waals surface area contributed by atoms with Crippen LogP contribution in [0.2, 0.25) is 0 Å². The van der Waals surface area contributed by atoms with E-state index in [1.807, 2.05) is 6.08 Å². The smallest absolute Gasteiger partial charge is 0.105 e. The van der Waals surface area contributed by atoms with Gasteiger partial charge in [-0.05, 0) is 12.8 Å². The second kappa shape index (κ2) is 10.3. The third kappa shape index (κ3) is 9.28. The van der Waals surface area contributed by atoms with E-state index in [1.54, 1.807) is 0 Å². The predicted octanol–water partition coefficient (Wildman–Crippen LogP) is 3.67. The summed E-state index contributed by atoms with van der Waals surface area (Å²) in [6.45, 7) is 6.36. The van der Waals surface area contributed by atoms with Gasteiger partial charge in [-0.2, -0.15) is 0 Å². The highest BCUT2D eigenvalue weighted by atomic mass is 16.5. The lowest BCUT2D eigenvalue weighted by atomic mass is 10.1. The molecule has 0 aromatic carbocycles. The summed E-state index contributed by atoms with van der Waals surface area (Å²) in [5, 5.41) is 0. The fraction of sp³-hybridized carbons (Fsp3) is 0.636. The largest absolute Gasteiger partial charge is 0.498 e. The third-order valence-electron chi connectivity index (χ3n) is 1.70. The summed E-state index contributed by atoms with van der Waals surface area (Å²) in [7, 11) is 0. The van der Waals surface area contributed by atoms with Crippen molar-refractivity contribution >= 4 is 0 Å². The van der Waals surface area contributed by atoms with E-state index >= 15 is 0 Å². The van der Waals surface area contributed by atoms with Gasteiger partial charge in [0.2, 0.25) is 0 Å². The van der Waals surface area contributed by atoms with Crippen LogP contribution in [0.15, 0.2) is 25.0 Å². The molecule has 0 aliphatic carbocycles. The quantitative estimate of drug-likeness (QED) is 0.305. The molecule has 0 aromatic rings. The van der Waals surface area contributed by atoms with Crippen molar-refractivity contribution in [3.8, 4) is 0 Å². The molecule has 0 bridgehead atoms. The van der Waals surface area contributed by atoms with Crippen LogP contribution in [0.3, 0.4) is 0 Å². The Morgan fingerprint density at radius 2 is 2.00 bits per heavy atom. The van der Waals surface area contributed by atoms with Gasteiger partial charge in [-0.15, -0.1) is 0 Å². The van der Waals surface area contributed by atoms with E-state index in [0.29, 0.717) is 6.61 Å². The summed E-state index contributed by atoms with van der Waals surface area (Å²) in [5.74, 6) is 0. The number of rotatable bonds is 8. The SMILES string of the molecule is C=COC/C=C\CCCCCC. The molecule has 0 fully saturated rings. The topological polar surface area (TPSA) is 9.23 Å². The van der Waals surface area contributed by atoms with E-state index in [1.165, 1.54) is 38.4 Å². The zero-order chi connectivity index (χ0) is 9.07. The van der Waals surface area contributed by atoms with Crippen LogP contribution >= 0.6 is 0 Å². The highest BCUT2D eigenvalue weighted by Crippen LogP contribution is 2.02. The van der Waals surface area contributed by atoms with E-state index in [2.05, 4.69) is 19.6 Å². The lowest BCUT2D eigenvalue weighted by Crippen LogP contribution is -1.79. The Morgan fingerprint density at radius 3 is 2.67 bits per heavy atom. The van der Waals surface area contributed by atoms with Gasteiger partial charge in [0.1, 0.15) is 6.61 Å². The van der Waals surface area contributed by atoms with Gasteiger partial charge in [0.25, 0.3) is 0 Å². The van der Waals surface area contributed by atoms with E-state index in [0.717, 1.165) is 0 Å². The Balaban J connectivity index is 2.97. The molecule has 0 aromatic heterocycles. The molecule has 0 aliphatic heterocycles. The van der Waals surface area contributed by atoms with Gasteiger partial charge in [-0.25, -0.2) is 0 Å². The molecule has 1 nitrogen and oxygen atoms in total. The first kappa shape index (κ1) is 11.3. The van der Waals surface area contributed by atoms with Crippen molar-refractivity contribution < 1.29 is 4.74 Å². The Kier molecular flexibility index (Phi) is 9.66. The summed E-state index contributed by atoms with van der Waals surface area (Å²) in [6.07, 6.45) is 12.2. The molecular weight excluding hydrogens is 148 g/mol. The molecule has 1 heteroatoms. The molecule has 0 rings (SSSR count). The summed E-state index contributed by atoms with van der Waals surface area (Å²) in [5.41, 5.74) is 0. The normalized spacial score (nSPS) is 10.4. The van der Waals surface area contributed by atoms with E-state index in [4.69, 9.17) is 4.74 Å². The molecule has 0 aliphatic rings. The summed E-state index contributed by atoms with van der Waals surface area (Å²) < 4.78 is 4.94. The molecule has 0 N–H and O–H groups in total. The molecule has 12 heavy (non-hydrogen) atoms. The summed E-state index contributed by atoms with van der Waals surface area (Å²) in [4.78, 5) is 0. The van der Waals surface area contributed by atoms with Crippen LogP contribution in [0.5, 0.6) is 0 Å². The maximum Gasteiger partial charge on any atom is 0.105 e. The van der Waals surface area contributed by atoms with Gasteiger partial charge in [-0.1, -0.05) is 44.9 Å². The molecular formula is C11H20O. The molecule has 0 spiro atoms. The molecule has 0 radical (unpaired) electrons. The Bertz CT molecular complexity index is 116. The zero-order valence-corrected chi connectivity index (χ0v) is 8.09. The monoisotopic (exact) mass is 168 g/mol. The van der Waals surface area contributed by atoms with Crippen LogP contribution in [0.1, 0.15) is 39.0 Å². The number of ether oxygens (including phenoxy) is 1. The van der Waals surface area contributed by atoms with E-state index in [-0.39, 0.29) is 0 Å². The average molecular weight is 168 g/mol. The Morgan fingerprint density at radius 1 is 1.17 bits per heavy atom. The van der Waals surface area contributed by atoms with Gasteiger partial charge < -0.3 is 4.74 Å². The van der Waals surface area contributed by atoms with Crippen molar-refractivity contribution in [3.05, 3.63) is 25.0 Å². The van der Waals surface area contributed by atoms with Crippen molar-refractivity contribution in [2.24, 2.45) is 0 Å². The van der Waals surface area contributed by atoms with E-state index < -0.39 is 0 Å². The number of allylic oxidation sites excluding steroid dienone is 1. The lowest BCUT2D eigenvalue weighted by molar-refractivity contribution is 0.291. The van der Waals surface area contributed by atoms with Crippen LogP contribution in [-0.4, -0.2) is 6.61 Å². The summed E-state index contributed by atoms with van der Waals surface area (Å²) >= 11 is 0. The van der Waals surface area contributed by atoms with Gasteiger partial charge in [0.15, 0.2) is 0 Å². The molecule has 0 atom stereocenters. The molecule has 0 heterocycles. The van der Waals surface area contributed by atoms with E-state index in [9.17, 15) is 0 Å². The average Bonchev–Trinajstić information content (AvgIpc) is 2.10. The van der Waals surface area contributed by atoms with Gasteiger partial charge in [0.05, 0.1) is 6.26 Å². The summed E-state index contributed by atoms with van der Waals surface area (Å²) in [6, 6.07) is 0. The zero-order valence-electron chi connectivity index (χ0n) is 8.09. The van der Waals surface area contributed by atoms with Crippen LogP contribution in [0, 0.1) is 0 Å².